The summed E-state index contributed by atoms with van der Waals surface area (Å²) >= 11 is 1.56. The molecule has 6 heteroatoms. The molecule has 5 nitrogen and oxygen atoms in total. The minimum Gasteiger partial charge on any atom is -0.497 e. The molecule has 0 aliphatic carbocycles. The second kappa shape index (κ2) is 10.5. The molecule has 1 unspecified atom stereocenters. The standard InChI is InChI=1S/C22H28N2O3S/c1-17-3-9-20(10-4-17)28-16-22(25)23-15-21(24-11-13-27-14-12-24)18-5-7-19(26-2)8-6-18/h3-10,21H,11-16H2,1-2H3,(H,23,25). The van der Waals surface area contributed by atoms with Crippen LogP contribution in [0, 0.1) is 6.92 Å². The normalized spacial score (nSPS) is 15.8. The van der Waals surface area contributed by atoms with E-state index in [2.05, 4.69) is 53.5 Å². The Hall–Kier alpha value is -2.02. The van der Waals surface area contributed by atoms with Gasteiger partial charge in [-0.1, -0.05) is 29.8 Å². The molecule has 2 aromatic rings. The summed E-state index contributed by atoms with van der Waals surface area (Å²) in [4.78, 5) is 15.9. The lowest BCUT2D eigenvalue weighted by Gasteiger charge is -2.35. The molecule has 150 valence electrons. The fourth-order valence-corrected chi connectivity index (χ4v) is 3.95. The zero-order chi connectivity index (χ0) is 19.8. The van der Waals surface area contributed by atoms with Gasteiger partial charge in [0.2, 0.25) is 5.91 Å². The highest BCUT2D eigenvalue weighted by Crippen LogP contribution is 2.24. The number of ether oxygens (including phenoxy) is 2. The molecule has 1 saturated heterocycles. The number of thioether (sulfide) groups is 1. The molecular formula is C22H28N2O3S. The number of morpholine rings is 1. The van der Waals surface area contributed by atoms with E-state index in [4.69, 9.17) is 9.47 Å². The van der Waals surface area contributed by atoms with Gasteiger partial charge in [0.05, 0.1) is 32.1 Å². The Bertz CT molecular complexity index is 743. The largest absolute Gasteiger partial charge is 0.497 e. The van der Waals surface area contributed by atoms with Crippen LogP contribution in [0.5, 0.6) is 5.75 Å². The number of rotatable bonds is 8. The molecule has 1 fully saturated rings. The van der Waals surface area contributed by atoms with Crippen LogP contribution in [0.1, 0.15) is 17.2 Å². The number of hydrogen-bond acceptors (Lipinski definition) is 5. The first kappa shape index (κ1) is 20.7. The third kappa shape index (κ3) is 5.99. The number of nitrogens with zero attached hydrogens (tertiary/aromatic N) is 1. The number of hydrogen-bond donors (Lipinski definition) is 1. The van der Waals surface area contributed by atoms with Crippen molar-refractivity contribution in [3.8, 4) is 5.75 Å². The number of carbonyl (C=O) groups excluding carboxylic acids is 1. The molecule has 0 aromatic heterocycles. The molecule has 0 spiro atoms. The zero-order valence-corrected chi connectivity index (χ0v) is 17.3. The molecule has 0 radical (unpaired) electrons. The van der Waals surface area contributed by atoms with Crippen LogP contribution in [-0.4, -0.2) is 56.5 Å². The monoisotopic (exact) mass is 400 g/mol. The molecule has 3 rings (SSSR count). The SMILES string of the molecule is COc1ccc(C(CNC(=O)CSc2ccc(C)cc2)N2CCOCC2)cc1. The summed E-state index contributed by atoms with van der Waals surface area (Å²) in [6.45, 7) is 5.83. The molecule has 1 aliphatic heterocycles. The number of aryl methyl sites for hydroxylation is 1. The van der Waals surface area contributed by atoms with Gasteiger partial charge in [-0.05, 0) is 36.8 Å². The van der Waals surface area contributed by atoms with Crippen LogP contribution in [0.3, 0.4) is 0 Å². The van der Waals surface area contributed by atoms with Gasteiger partial charge in [0, 0.05) is 24.5 Å². The highest BCUT2D eigenvalue weighted by atomic mass is 32.2. The average Bonchev–Trinajstić information content (AvgIpc) is 2.74. The van der Waals surface area contributed by atoms with Gasteiger partial charge >= 0.3 is 0 Å². The molecule has 1 atom stereocenters. The number of carbonyl (C=O) groups is 1. The van der Waals surface area contributed by atoms with E-state index in [0.717, 1.165) is 36.9 Å². The molecule has 1 amide bonds. The van der Waals surface area contributed by atoms with Gasteiger partial charge in [-0.15, -0.1) is 11.8 Å². The lowest BCUT2D eigenvalue weighted by atomic mass is 10.0. The minimum absolute atomic E-state index is 0.0531. The Labute approximate surface area is 171 Å². The van der Waals surface area contributed by atoms with Crippen LogP contribution in [0.25, 0.3) is 0 Å². The summed E-state index contributed by atoms with van der Waals surface area (Å²) < 4.78 is 10.8. The van der Waals surface area contributed by atoms with Crippen LogP contribution in [-0.2, 0) is 9.53 Å². The fraction of sp³-hybridized carbons (Fsp3) is 0.409. The molecule has 0 saturated carbocycles. The molecule has 0 bridgehead atoms. The van der Waals surface area contributed by atoms with E-state index in [-0.39, 0.29) is 11.9 Å². The first-order valence-electron chi connectivity index (χ1n) is 9.57. The van der Waals surface area contributed by atoms with Crippen LogP contribution < -0.4 is 10.1 Å². The third-order valence-electron chi connectivity index (χ3n) is 4.87. The topological polar surface area (TPSA) is 50.8 Å². The second-order valence-corrected chi connectivity index (χ2v) is 7.89. The fourth-order valence-electron chi connectivity index (χ4n) is 3.22. The predicted molar refractivity (Wildman–Crippen MR) is 113 cm³/mol. The Balaban J connectivity index is 1.58. The van der Waals surface area contributed by atoms with E-state index >= 15 is 0 Å². The smallest absolute Gasteiger partial charge is 0.230 e. The lowest BCUT2D eigenvalue weighted by molar-refractivity contribution is -0.118. The van der Waals surface area contributed by atoms with Crippen LogP contribution in [0.2, 0.25) is 0 Å². The van der Waals surface area contributed by atoms with Gasteiger partial charge in [-0.3, -0.25) is 9.69 Å². The van der Waals surface area contributed by atoms with Gasteiger partial charge in [-0.2, -0.15) is 0 Å². The summed E-state index contributed by atoms with van der Waals surface area (Å²) in [6, 6.07) is 16.5. The average molecular weight is 401 g/mol. The molecule has 28 heavy (non-hydrogen) atoms. The number of nitrogens with one attached hydrogen (secondary N) is 1. The summed E-state index contributed by atoms with van der Waals surface area (Å²) in [5, 5.41) is 3.12. The first-order chi connectivity index (χ1) is 13.7. The van der Waals surface area contributed by atoms with Gasteiger partial charge < -0.3 is 14.8 Å². The quantitative estimate of drug-likeness (QED) is 0.689. The van der Waals surface area contributed by atoms with Gasteiger partial charge in [-0.25, -0.2) is 0 Å². The van der Waals surface area contributed by atoms with E-state index in [1.165, 1.54) is 11.1 Å². The highest BCUT2D eigenvalue weighted by Gasteiger charge is 2.23. The summed E-state index contributed by atoms with van der Waals surface area (Å²) in [5.41, 5.74) is 2.40. The van der Waals surface area contributed by atoms with E-state index in [0.29, 0.717) is 12.3 Å². The van der Waals surface area contributed by atoms with Crippen LogP contribution in [0.15, 0.2) is 53.4 Å². The van der Waals surface area contributed by atoms with Gasteiger partial charge in [0.15, 0.2) is 0 Å². The van der Waals surface area contributed by atoms with Crippen LogP contribution >= 0.6 is 11.8 Å². The van der Waals surface area contributed by atoms with E-state index in [1.54, 1.807) is 18.9 Å². The van der Waals surface area contributed by atoms with E-state index < -0.39 is 0 Å². The Kier molecular flexibility index (Phi) is 7.77. The Morgan fingerprint density at radius 2 is 1.82 bits per heavy atom. The summed E-state index contributed by atoms with van der Waals surface area (Å²) in [6.07, 6.45) is 0. The van der Waals surface area contributed by atoms with Crippen molar-refractivity contribution in [3.63, 3.8) is 0 Å². The van der Waals surface area contributed by atoms with Crippen molar-refractivity contribution in [2.24, 2.45) is 0 Å². The van der Waals surface area contributed by atoms with Crippen LogP contribution in [0.4, 0.5) is 0 Å². The van der Waals surface area contributed by atoms with Crippen molar-refractivity contribution in [1.29, 1.82) is 0 Å². The number of benzene rings is 2. The predicted octanol–water partition coefficient (Wildman–Crippen LogP) is 3.29. The molecule has 2 aromatic carbocycles. The molecular weight excluding hydrogens is 372 g/mol. The number of methoxy groups -OCH3 is 1. The maximum atomic E-state index is 12.4. The lowest BCUT2D eigenvalue weighted by Crippen LogP contribution is -2.44. The summed E-state index contributed by atoms with van der Waals surface area (Å²) in [5.74, 6) is 1.31. The van der Waals surface area contributed by atoms with Gasteiger partial charge in [0.1, 0.15) is 5.75 Å². The van der Waals surface area contributed by atoms with Crippen molar-refractivity contribution in [1.82, 2.24) is 10.2 Å². The maximum Gasteiger partial charge on any atom is 0.230 e. The van der Waals surface area contributed by atoms with Gasteiger partial charge in [0.25, 0.3) is 0 Å². The maximum absolute atomic E-state index is 12.4. The first-order valence-corrected chi connectivity index (χ1v) is 10.6. The Morgan fingerprint density at radius 1 is 1.14 bits per heavy atom. The van der Waals surface area contributed by atoms with Crippen molar-refractivity contribution in [3.05, 3.63) is 59.7 Å². The van der Waals surface area contributed by atoms with Crippen molar-refractivity contribution < 1.29 is 14.3 Å². The minimum atomic E-state index is 0.0531. The third-order valence-corrected chi connectivity index (χ3v) is 5.88. The molecule has 1 heterocycles. The highest BCUT2D eigenvalue weighted by molar-refractivity contribution is 8.00. The van der Waals surface area contributed by atoms with E-state index in [9.17, 15) is 4.79 Å². The van der Waals surface area contributed by atoms with Crippen molar-refractivity contribution in [2.75, 3.05) is 45.7 Å². The summed E-state index contributed by atoms with van der Waals surface area (Å²) in [7, 11) is 1.67. The van der Waals surface area contributed by atoms with E-state index in [1.807, 2.05) is 12.1 Å². The Morgan fingerprint density at radius 3 is 2.46 bits per heavy atom. The van der Waals surface area contributed by atoms with Crippen molar-refractivity contribution in [2.45, 2.75) is 17.9 Å². The second-order valence-electron chi connectivity index (χ2n) is 6.84. The number of amides is 1. The van der Waals surface area contributed by atoms with Crippen molar-refractivity contribution >= 4 is 17.7 Å². The molecule has 1 aliphatic rings. The zero-order valence-electron chi connectivity index (χ0n) is 16.5. The molecule has 1 N–H and O–H groups in total.